The van der Waals surface area contributed by atoms with E-state index in [9.17, 15) is 4.79 Å². The Morgan fingerprint density at radius 3 is 3.31 bits per heavy atom. The second-order valence-electron chi connectivity index (χ2n) is 3.75. The quantitative estimate of drug-likeness (QED) is 0.743. The molecule has 0 unspecified atom stereocenters. The highest BCUT2D eigenvalue weighted by Crippen LogP contribution is 2.24. The molecule has 6 heteroatoms. The van der Waals surface area contributed by atoms with Crippen LogP contribution in [0.3, 0.4) is 0 Å². The molecule has 0 saturated carbocycles. The molecule has 1 aromatic rings. The molecule has 1 aliphatic heterocycles. The summed E-state index contributed by atoms with van der Waals surface area (Å²) in [7, 11) is 0. The number of nitrogens with zero attached hydrogens (tertiary/aromatic N) is 3. The number of hydrogen-bond donors (Lipinski definition) is 0. The van der Waals surface area contributed by atoms with Gasteiger partial charge >= 0.3 is 0 Å². The van der Waals surface area contributed by atoms with Crippen LogP contribution in [0.4, 0.5) is 0 Å². The van der Waals surface area contributed by atoms with Crippen molar-refractivity contribution in [3.63, 3.8) is 0 Å². The molecule has 1 aromatic heterocycles. The molecular weight excluding hydrogens is 210 g/mol. The lowest BCUT2D eigenvalue weighted by Gasteiger charge is -2.15. The lowest BCUT2D eigenvalue weighted by molar-refractivity contribution is -0.134. The predicted molar refractivity (Wildman–Crippen MR) is 54.7 cm³/mol. The molecule has 6 nitrogen and oxygen atoms in total. The Bertz CT molecular complexity index is 339. The normalized spacial score (nSPS) is 20.3. The van der Waals surface area contributed by atoms with Gasteiger partial charge in [-0.3, -0.25) is 4.79 Å². The number of rotatable bonds is 4. The monoisotopic (exact) mass is 225 g/mol. The molecule has 16 heavy (non-hydrogen) atoms. The van der Waals surface area contributed by atoms with Crippen LogP contribution >= 0.6 is 0 Å². The van der Waals surface area contributed by atoms with E-state index in [0.29, 0.717) is 19.0 Å². The van der Waals surface area contributed by atoms with Crippen LogP contribution in [0.1, 0.15) is 25.1 Å². The first kappa shape index (κ1) is 11.1. The number of hydrogen-bond acceptors (Lipinski definition) is 5. The maximum atomic E-state index is 11.7. The lowest BCUT2D eigenvalue weighted by atomic mass is 10.1. The third kappa shape index (κ3) is 2.38. The van der Waals surface area contributed by atoms with E-state index in [0.717, 1.165) is 13.0 Å². The van der Waals surface area contributed by atoms with Crippen LogP contribution in [-0.2, 0) is 9.53 Å². The smallest absolute Gasteiger partial charge is 0.248 e. The summed E-state index contributed by atoms with van der Waals surface area (Å²) < 4.78 is 9.79. The van der Waals surface area contributed by atoms with E-state index in [2.05, 4.69) is 10.1 Å². The summed E-state index contributed by atoms with van der Waals surface area (Å²) in [5.74, 6) is 0.920. The molecule has 1 saturated heterocycles. The van der Waals surface area contributed by atoms with Gasteiger partial charge in [0.1, 0.15) is 6.61 Å². The van der Waals surface area contributed by atoms with Gasteiger partial charge in [0.15, 0.2) is 5.82 Å². The number of ether oxygens (including phenoxy) is 1. The number of carbonyl (C=O) groups is 1. The second kappa shape index (κ2) is 5.07. The molecule has 0 bridgehead atoms. The van der Waals surface area contributed by atoms with Gasteiger partial charge in [0.05, 0.1) is 0 Å². The van der Waals surface area contributed by atoms with E-state index in [1.807, 2.05) is 6.92 Å². The molecule has 0 N–H and O–H groups in total. The maximum absolute atomic E-state index is 11.7. The third-order valence-electron chi connectivity index (χ3n) is 2.71. The largest absolute Gasteiger partial charge is 0.372 e. The summed E-state index contributed by atoms with van der Waals surface area (Å²) in [6, 6.07) is 0. The highest BCUT2D eigenvalue weighted by Gasteiger charge is 2.29. The summed E-state index contributed by atoms with van der Waals surface area (Å²) >= 11 is 0. The van der Waals surface area contributed by atoms with Gasteiger partial charge in [-0.1, -0.05) is 5.16 Å². The van der Waals surface area contributed by atoms with E-state index in [-0.39, 0.29) is 18.4 Å². The molecule has 0 aliphatic carbocycles. The first-order valence-electron chi connectivity index (χ1n) is 5.43. The Hall–Kier alpha value is -1.43. The summed E-state index contributed by atoms with van der Waals surface area (Å²) in [5, 5.41) is 3.80. The van der Waals surface area contributed by atoms with Crippen molar-refractivity contribution in [3.05, 3.63) is 12.2 Å². The van der Waals surface area contributed by atoms with Crippen molar-refractivity contribution in [2.24, 2.45) is 0 Å². The fourth-order valence-electron chi connectivity index (χ4n) is 1.84. The van der Waals surface area contributed by atoms with Gasteiger partial charge in [-0.05, 0) is 13.3 Å². The number of amides is 1. The zero-order valence-electron chi connectivity index (χ0n) is 9.26. The molecule has 1 fully saturated rings. The van der Waals surface area contributed by atoms with Gasteiger partial charge < -0.3 is 14.2 Å². The average molecular weight is 225 g/mol. The van der Waals surface area contributed by atoms with E-state index in [4.69, 9.17) is 9.26 Å². The van der Waals surface area contributed by atoms with Crippen molar-refractivity contribution in [1.82, 2.24) is 15.0 Å². The van der Waals surface area contributed by atoms with Gasteiger partial charge in [-0.2, -0.15) is 4.98 Å². The molecule has 0 radical (unpaired) electrons. The number of carbonyl (C=O) groups excluding carboxylic acids is 1. The summed E-state index contributed by atoms with van der Waals surface area (Å²) in [5.41, 5.74) is 0. The van der Waals surface area contributed by atoms with Crippen molar-refractivity contribution in [2.75, 3.05) is 26.3 Å². The maximum Gasteiger partial charge on any atom is 0.248 e. The fourth-order valence-corrected chi connectivity index (χ4v) is 1.84. The van der Waals surface area contributed by atoms with Crippen LogP contribution in [0, 0.1) is 0 Å². The van der Waals surface area contributed by atoms with E-state index in [1.165, 1.54) is 6.39 Å². The standard InChI is InChI=1S/C10H15N3O3/c1-2-15-6-9(14)13-4-3-8(5-13)10-11-7-16-12-10/h7-8H,2-6H2,1H3/t8-/m1/s1. The minimum absolute atomic E-state index is 0.0350. The molecule has 0 aromatic carbocycles. The zero-order valence-corrected chi connectivity index (χ0v) is 9.26. The molecule has 1 aliphatic rings. The summed E-state index contributed by atoms with van der Waals surface area (Å²) in [6.07, 6.45) is 2.21. The highest BCUT2D eigenvalue weighted by molar-refractivity contribution is 5.77. The average Bonchev–Trinajstić information content (AvgIpc) is 2.94. The van der Waals surface area contributed by atoms with Crippen molar-refractivity contribution in [2.45, 2.75) is 19.3 Å². The molecule has 2 rings (SSSR count). The topological polar surface area (TPSA) is 68.5 Å². The van der Waals surface area contributed by atoms with Crippen LogP contribution in [0.5, 0.6) is 0 Å². The molecule has 88 valence electrons. The molecule has 0 spiro atoms. The summed E-state index contributed by atoms with van der Waals surface area (Å²) in [4.78, 5) is 17.5. The van der Waals surface area contributed by atoms with Crippen molar-refractivity contribution < 1.29 is 14.1 Å². The van der Waals surface area contributed by atoms with Crippen molar-refractivity contribution >= 4 is 5.91 Å². The van der Waals surface area contributed by atoms with E-state index in [1.54, 1.807) is 4.90 Å². The second-order valence-corrected chi connectivity index (χ2v) is 3.75. The van der Waals surface area contributed by atoms with Crippen LogP contribution in [0.2, 0.25) is 0 Å². The highest BCUT2D eigenvalue weighted by atomic mass is 16.5. The lowest BCUT2D eigenvalue weighted by Crippen LogP contribution is -2.31. The van der Waals surface area contributed by atoms with Crippen LogP contribution in [0.25, 0.3) is 0 Å². The minimum atomic E-state index is 0.0350. The molecule has 2 heterocycles. The Morgan fingerprint density at radius 1 is 1.75 bits per heavy atom. The van der Waals surface area contributed by atoms with Crippen molar-refractivity contribution in [1.29, 1.82) is 0 Å². The predicted octanol–water partition coefficient (Wildman–Crippen LogP) is 0.422. The van der Waals surface area contributed by atoms with E-state index < -0.39 is 0 Å². The molecule has 1 atom stereocenters. The third-order valence-corrected chi connectivity index (χ3v) is 2.71. The van der Waals surface area contributed by atoms with Gasteiger partial charge in [0, 0.05) is 25.6 Å². The van der Waals surface area contributed by atoms with Gasteiger partial charge in [-0.25, -0.2) is 0 Å². The molecule has 1 amide bonds. The zero-order chi connectivity index (χ0) is 11.4. The Morgan fingerprint density at radius 2 is 2.62 bits per heavy atom. The fraction of sp³-hybridized carbons (Fsp3) is 0.700. The Labute approximate surface area is 93.6 Å². The number of aromatic nitrogens is 2. The Balaban J connectivity index is 1.86. The van der Waals surface area contributed by atoms with Crippen LogP contribution in [0.15, 0.2) is 10.9 Å². The van der Waals surface area contributed by atoms with Gasteiger partial charge in [-0.15, -0.1) is 0 Å². The molecular formula is C10H15N3O3. The van der Waals surface area contributed by atoms with Gasteiger partial charge in [0.25, 0.3) is 0 Å². The SMILES string of the molecule is CCOCC(=O)N1CC[C@@H](c2ncon2)C1. The van der Waals surface area contributed by atoms with Gasteiger partial charge in [0.2, 0.25) is 12.3 Å². The van der Waals surface area contributed by atoms with E-state index >= 15 is 0 Å². The first-order chi connectivity index (χ1) is 7.81. The van der Waals surface area contributed by atoms with Crippen LogP contribution < -0.4 is 0 Å². The first-order valence-corrected chi connectivity index (χ1v) is 5.43. The number of likely N-dealkylation sites (tertiary alicyclic amines) is 1. The Kier molecular flexibility index (Phi) is 3.51. The van der Waals surface area contributed by atoms with Crippen molar-refractivity contribution in [3.8, 4) is 0 Å². The minimum Gasteiger partial charge on any atom is -0.372 e. The summed E-state index contributed by atoms with van der Waals surface area (Å²) in [6.45, 7) is 4.00. The van der Waals surface area contributed by atoms with Crippen LogP contribution in [-0.4, -0.2) is 47.3 Å².